The monoisotopic (exact) mass is 549 g/mol. The van der Waals surface area contributed by atoms with Crippen molar-refractivity contribution in [3.05, 3.63) is 59.0 Å². The van der Waals surface area contributed by atoms with Crippen molar-refractivity contribution in [2.45, 2.75) is 58.8 Å². The molecule has 0 saturated carbocycles. The van der Waals surface area contributed by atoms with Gasteiger partial charge >= 0.3 is 0 Å². The summed E-state index contributed by atoms with van der Waals surface area (Å²) in [5.74, 6) is -0.754. The number of imide groups is 1. The molecular formula is C32H40FN3O4. The zero-order chi connectivity index (χ0) is 28.6. The number of methoxy groups -OCH3 is 1. The first kappa shape index (κ1) is 28.1. The van der Waals surface area contributed by atoms with Crippen LogP contribution in [-0.2, 0) is 16.0 Å². The number of halogens is 1. The van der Waals surface area contributed by atoms with Gasteiger partial charge in [-0.15, -0.1) is 0 Å². The molecule has 2 aliphatic rings. The fourth-order valence-corrected chi connectivity index (χ4v) is 6.93. The average molecular weight is 550 g/mol. The molecule has 0 radical (unpaired) electrons. The molecule has 3 atom stereocenters. The summed E-state index contributed by atoms with van der Waals surface area (Å²) in [7, 11) is 1.44. The fourth-order valence-electron chi connectivity index (χ4n) is 6.93. The number of ether oxygens (including phenoxy) is 1. The molecule has 2 N–H and O–H groups in total. The molecule has 7 nitrogen and oxygen atoms in total. The fraction of sp³-hybridized carbons (Fsp3) is 0.500. The molecule has 214 valence electrons. The number of hydrogen-bond acceptors (Lipinski definition) is 5. The number of nitrogens with zero attached hydrogens (tertiary/aromatic N) is 2. The number of nitrogens with one attached hydrogen (secondary N) is 1. The Morgan fingerprint density at radius 1 is 1.20 bits per heavy atom. The molecular weight excluding hydrogens is 509 g/mol. The maximum atomic E-state index is 15.9. The minimum atomic E-state index is -0.897. The van der Waals surface area contributed by atoms with E-state index >= 15 is 4.39 Å². The summed E-state index contributed by atoms with van der Waals surface area (Å²) in [5, 5.41) is 10.7. The highest BCUT2D eigenvalue weighted by Crippen LogP contribution is 2.52. The summed E-state index contributed by atoms with van der Waals surface area (Å²) in [6, 6.07) is 10.5. The summed E-state index contributed by atoms with van der Waals surface area (Å²) >= 11 is 0. The van der Waals surface area contributed by atoms with Crippen LogP contribution in [0.3, 0.4) is 0 Å². The van der Waals surface area contributed by atoms with Gasteiger partial charge < -0.3 is 19.7 Å². The molecule has 2 aromatic carbocycles. The second-order valence-corrected chi connectivity index (χ2v) is 11.5. The molecule has 1 aliphatic heterocycles. The van der Waals surface area contributed by atoms with Gasteiger partial charge in [-0.2, -0.15) is 0 Å². The SMILES string of the molecule is CCN(CC)CCCN1C(=O)CCC2C[C@H](c3cccc(O)c3)c3[nH]c4ccc(OC)c(F)c4c3C[C@@]2(C)C1=O. The van der Waals surface area contributed by atoms with Gasteiger partial charge in [-0.3, -0.25) is 14.5 Å². The molecule has 3 aromatic rings. The first-order valence-electron chi connectivity index (χ1n) is 14.4. The number of phenols is 1. The van der Waals surface area contributed by atoms with Gasteiger partial charge in [-0.05, 0) is 86.6 Å². The standard InChI is InChI=1S/C32H40FN3O4/c1-5-35(6-2)15-8-16-36-27(38)14-11-21-18-23(20-9-7-10-22(37)17-20)30-24(19-32(21,3)31(36)39)28-25(34-30)12-13-26(40-4)29(28)33/h7,9-10,12-13,17,21,23,34,37H,5-6,8,11,14-16,18-19H2,1-4H3/t21?,23-,32-/m1/s1. The number of benzene rings is 2. The Balaban J connectivity index is 1.61. The average Bonchev–Trinajstić information content (AvgIpc) is 3.21. The number of hydrogen-bond donors (Lipinski definition) is 2. The lowest BCUT2D eigenvalue weighted by atomic mass is 9.69. The van der Waals surface area contributed by atoms with Gasteiger partial charge in [-0.25, -0.2) is 4.39 Å². The minimum absolute atomic E-state index is 0.103. The number of aromatic amines is 1. The Kier molecular flexibility index (Phi) is 7.91. The largest absolute Gasteiger partial charge is 0.508 e. The van der Waals surface area contributed by atoms with Crippen molar-refractivity contribution >= 4 is 22.7 Å². The van der Waals surface area contributed by atoms with Crippen molar-refractivity contribution in [1.82, 2.24) is 14.8 Å². The van der Waals surface area contributed by atoms with Crippen molar-refractivity contribution in [3.8, 4) is 11.5 Å². The van der Waals surface area contributed by atoms with Gasteiger partial charge in [-0.1, -0.05) is 32.9 Å². The van der Waals surface area contributed by atoms with E-state index < -0.39 is 11.2 Å². The van der Waals surface area contributed by atoms with E-state index in [9.17, 15) is 14.7 Å². The zero-order valence-electron chi connectivity index (χ0n) is 23.9. The maximum Gasteiger partial charge on any atom is 0.235 e. The van der Waals surface area contributed by atoms with Crippen LogP contribution in [0.2, 0.25) is 0 Å². The van der Waals surface area contributed by atoms with Crippen LogP contribution < -0.4 is 4.74 Å². The first-order valence-corrected chi connectivity index (χ1v) is 14.4. The molecule has 2 amide bonds. The topological polar surface area (TPSA) is 85.9 Å². The summed E-state index contributed by atoms with van der Waals surface area (Å²) in [5.41, 5.74) is 2.24. The van der Waals surface area contributed by atoms with Crippen LogP contribution >= 0.6 is 0 Å². The lowest BCUT2D eigenvalue weighted by molar-refractivity contribution is -0.151. The molecule has 40 heavy (non-hydrogen) atoms. The van der Waals surface area contributed by atoms with Crippen molar-refractivity contribution in [1.29, 1.82) is 0 Å². The Morgan fingerprint density at radius 2 is 1.98 bits per heavy atom. The third-order valence-corrected chi connectivity index (χ3v) is 9.30. The van der Waals surface area contributed by atoms with Crippen LogP contribution in [0.1, 0.15) is 69.2 Å². The highest BCUT2D eigenvalue weighted by atomic mass is 19.1. The third-order valence-electron chi connectivity index (χ3n) is 9.30. The normalized spacial score (nSPS) is 23.2. The van der Waals surface area contributed by atoms with Crippen molar-refractivity contribution in [3.63, 3.8) is 0 Å². The minimum Gasteiger partial charge on any atom is -0.508 e. The summed E-state index contributed by atoms with van der Waals surface area (Å²) in [6.45, 7) is 9.23. The van der Waals surface area contributed by atoms with Crippen LogP contribution in [0.25, 0.3) is 10.9 Å². The molecule has 2 heterocycles. The molecule has 1 fully saturated rings. The summed E-state index contributed by atoms with van der Waals surface area (Å²) in [6.07, 6.45) is 2.52. The Labute approximate surface area is 235 Å². The highest BCUT2D eigenvalue weighted by molar-refractivity contribution is 6.00. The van der Waals surface area contributed by atoms with Crippen LogP contribution in [0.5, 0.6) is 11.5 Å². The van der Waals surface area contributed by atoms with E-state index in [2.05, 4.69) is 23.7 Å². The summed E-state index contributed by atoms with van der Waals surface area (Å²) < 4.78 is 21.2. The van der Waals surface area contributed by atoms with Gasteiger partial charge in [0.1, 0.15) is 5.75 Å². The lowest BCUT2D eigenvalue weighted by Crippen LogP contribution is -2.48. The number of carbonyl (C=O) groups excluding carboxylic acids is 2. The molecule has 1 aliphatic carbocycles. The Hall–Kier alpha value is -3.39. The van der Waals surface area contributed by atoms with E-state index in [1.807, 2.05) is 19.1 Å². The van der Waals surface area contributed by atoms with Crippen LogP contribution in [0.15, 0.2) is 36.4 Å². The van der Waals surface area contributed by atoms with Crippen LogP contribution in [-0.4, -0.2) is 65.0 Å². The third kappa shape index (κ3) is 4.87. The van der Waals surface area contributed by atoms with Crippen LogP contribution in [0.4, 0.5) is 4.39 Å². The van der Waals surface area contributed by atoms with E-state index in [1.165, 1.54) is 12.0 Å². The van der Waals surface area contributed by atoms with Crippen molar-refractivity contribution < 1.29 is 23.8 Å². The predicted molar refractivity (Wildman–Crippen MR) is 153 cm³/mol. The number of H-pyrrole nitrogens is 1. The lowest BCUT2D eigenvalue weighted by Gasteiger charge is -2.36. The molecule has 0 bridgehead atoms. The second-order valence-electron chi connectivity index (χ2n) is 11.5. The smallest absolute Gasteiger partial charge is 0.235 e. The molecule has 5 rings (SSSR count). The predicted octanol–water partition coefficient (Wildman–Crippen LogP) is 5.60. The van der Waals surface area contributed by atoms with Gasteiger partial charge in [0.05, 0.1) is 12.5 Å². The number of amides is 2. The number of rotatable bonds is 8. The van der Waals surface area contributed by atoms with Gasteiger partial charge in [0, 0.05) is 35.5 Å². The quantitative estimate of drug-likeness (QED) is 0.357. The van der Waals surface area contributed by atoms with Gasteiger partial charge in [0.15, 0.2) is 11.6 Å². The molecule has 8 heteroatoms. The van der Waals surface area contributed by atoms with Gasteiger partial charge in [0.25, 0.3) is 0 Å². The number of aromatic hydroxyl groups is 1. The van der Waals surface area contributed by atoms with Crippen molar-refractivity contribution in [2.75, 3.05) is 33.3 Å². The molecule has 0 spiro atoms. The Morgan fingerprint density at radius 3 is 2.67 bits per heavy atom. The summed E-state index contributed by atoms with van der Waals surface area (Å²) in [4.78, 5) is 34.9. The maximum absolute atomic E-state index is 15.9. The van der Waals surface area contributed by atoms with E-state index in [4.69, 9.17) is 4.74 Å². The van der Waals surface area contributed by atoms with E-state index in [-0.39, 0.29) is 35.1 Å². The number of aromatic nitrogens is 1. The molecule has 1 unspecified atom stereocenters. The number of likely N-dealkylation sites (tertiary alicyclic amines) is 1. The first-order chi connectivity index (χ1) is 19.2. The van der Waals surface area contributed by atoms with E-state index in [0.717, 1.165) is 42.9 Å². The number of fused-ring (bicyclic) bond motifs is 4. The Bertz CT molecular complexity index is 1410. The highest BCUT2D eigenvalue weighted by Gasteiger charge is 2.51. The van der Waals surface area contributed by atoms with Gasteiger partial charge in [0.2, 0.25) is 11.8 Å². The second kappa shape index (κ2) is 11.2. The van der Waals surface area contributed by atoms with E-state index in [1.54, 1.807) is 24.3 Å². The zero-order valence-corrected chi connectivity index (χ0v) is 23.9. The van der Waals surface area contributed by atoms with Crippen molar-refractivity contribution in [2.24, 2.45) is 11.3 Å². The number of phenolic OH excluding ortho intramolecular Hbond substituents is 1. The molecule has 1 aromatic heterocycles. The van der Waals surface area contributed by atoms with E-state index in [0.29, 0.717) is 43.1 Å². The molecule has 1 saturated heterocycles. The number of carbonyl (C=O) groups is 2. The van der Waals surface area contributed by atoms with Crippen LogP contribution in [0, 0.1) is 17.2 Å².